The lowest BCUT2D eigenvalue weighted by molar-refractivity contribution is 0.912. The molecule has 0 aliphatic heterocycles. The van der Waals surface area contributed by atoms with Crippen molar-refractivity contribution in [3.63, 3.8) is 0 Å². The Labute approximate surface area is 119 Å². The molecule has 0 aliphatic rings. The second-order valence-electron chi connectivity index (χ2n) is 4.55. The maximum absolute atomic E-state index is 5.61. The van der Waals surface area contributed by atoms with Crippen molar-refractivity contribution in [1.82, 2.24) is 4.98 Å². The molecule has 0 unspecified atom stereocenters. The lowest BCUT2D eigenvalue weighted by Gasteiger charge is -2.20. The van der Waals surface area contributed by atoms with Crippen molar-refractivity contribution < 1.29 is 0 Å². The van der Waals surface area contributed by atoms with Gasteiger partial charge in [-0.2, -0.15) is 0 Å². The van der Waals surface area contributed by atoms with Gasteiger partial charge in [0, 0.05) is 25.5 Å². The van der Waals surface area contributed by atoms with Gasteiger partial charge in [0.15, 0.2) is 0 Å². The zero-order chi connectivity index (χ0) is 13.8. The number of aryl methyl sites for hydroxylation is 1. The van der Waals surface area contributed by atoms with Gasteiger partial charge in [-0.3, -0.25) is 4.98 Å². The van der Waals surface area contributed by atoms with Crippen LogP contribution in [0.3, 0.4) is 0 Å². The highest BCUT2D eigenvalue weighted by atomic mass is 32.1. The third kappa shape index (κ3) is 3.29. The van der Waals surface area contributed by atoms with Gasteiger partial charge >= 0.3 is 0 Å². The third-order valence-corrected chi connectivity index (χ3v) is 3.31. The number of nitrogens with two attached hydrogens (primary N) is 1. The topological polar surface area (TPSA) is 42.2 Å². The van der Waals surface area contributed by atoms with E-state index in [4.69, 9.17) is 18.0 Å². The largest absolute Gasteiger partial charge is 0.388 e. The monoisotopic (exact) mass is 271 g/mol. The molecule has 0 spiro atoms. The first-order valence-electron chi connectivity index (χ1n) is 6.09. The fraction of sp³-hybridized carbons (Fsp3) is 0.200. The third-order valence-electron chi connectivity index (χ3n) is 3.11. The van der Waals surface area contributed by atoms with Gasteiger partial charge in [0.2, 0.25) is 0 Å². The van der Waals surface area contributed by atoms with Crippen LogP contribution in [0.25, 0.3) is 0 Å². The summed E-state index contributed by atoms with van der Waals surface area (Å²) in [6.07, 6.45) is 1.73. The summed E-state index contributed by atoms with van der Waals surface area (Å²) in [5.41, 5.74) is 9.92. The summed E-state index contributed by atoms with van der Waals surface area (Å²) in [6.45, 7) is 2.96. The Kier molecular flexibility index (Phi) is 4.12. The SMILES string of the molecule is Cc1ccccc1CN(C)c1ccnc(C(N)=S)c1. The van der Waals surface area contributed by atoms with Gasteiger partial charge in [0.25, 0.3) is 0 Å². The van der Waals surface area contributed by atoms with E-state index in [1.54, 1.807) is 6.20 Å². The molecule has 4 heteroatoms. The first-order valence-corrected chi connectivity index (χ1v) is 6.50. The highest BCUT2D eigenvalue weighted by Crippen LogP contribution is 2.17. The Bertz CT molecular complexity index is 595. The molecule has 0 atom stereocenters. The zero-order valence-corrected chi connectivity index (χ0v) is 11.9. The minimum Gasteiger partial charge on any atom is -0.388 e. The molecule has 1 aromatic heterocycles. The number of anilines is 1. The fourth-order valence-corrected chi connectivity index (χ4v) is 2.04. The average Bonchev–Trinajstić information content (AvgIpc) is 2.41. The second-order valence-corrected chi connectivity index (χ2v) is 4.99. The van der Waals surface area contributed by atoms with E-state index in [0.29, 0.717) is 10.7 Å². The molecule has 0 saturated heterocycles. The van der Waals surface area contributed by atoms with Crippen molar-refractivity contribution >= 4 is 22.9 Å². The highest BCUT2D eigenvalue weighted by Gasteiger charge is 2.06. The molecular weight excluding hydrogens is 254 g/mol. The molecule has 3 nitrogen and oxygen atoms in total. The molecule has 2 rings (SSSR count). The Morgan fingerprint density at radius 3 is 2.74 bits per heavy atom. The molecule has 2 aromatic rings. The number of thiocarbonyl (C=S) groups is 1. The standard InChI is InChI=1S/C15H17N3S/c1-11-5-3-4-6-12(11)10-18(2)13-7-8-17-14(9-13)15(16)19/h3-9H,10H2,1-2H3,(H2,16,19). The Hall–Kier alpha value is -1.94. The molecule has 1 aromatic carbocycles. The van der Waals surface area contributed by atoms with E-state index in [1.807, 2.05) is 19.2 Å². The molecule has 0 fully saturated rings. The van der Waals surface area contributed by atoms with Gasteiger partial charge in [0.1, 0.15) is 4.99 Å². The first-order chi connectivity index (χ1) is 9.08. The molecule has 0 saturated carbocycles. The quantitative estimate of drug-likeness (QED) is 0.868. The number of rotatable bonds is 4. The number of pyridine rings is 1. The van der Waals surface area contributed by atoms with E-state index in [0.717, 1.165) is 12.2 Å². The van der Waals surface area contributed by atoms with Gasteiger partial charge in [-0.25, -0.2) is 0 Å². The molecule has 0 bridgehead atoms. The van der Waals surface area contributed by atoms with Gasteiger partial charge in [0.05, 0.1) is 5.69 Å². The molecule has 1 heterocycles. The highest BCUT2D eigenvalue weighted by molar-refractivity contribution is 7.80. The lowest BCUT2D eigenvalue weighted by Crippen LogP contribution is -2.19. The van der Waals surface area contributed by atoms with E-state index in [1.165, 1.54) is 11.1 Å². The Morgan fingerprint density at radius 2 is 2.05 bits per heavy atom. The van der Waals surface area contributed by atoms with Crippen LogP contribution in [0.5, 0.6) is 0 Å². The summed E-state index contributed by atoms with van der Waals surface area (Å²) in [5, 5.41) is 0. The molecule has 0 aliphatic carbocycles. The van der Waals surface area contributed by atoms with Crippen LogP contribution in [-0.2, 0) is 6.54 Å². The average molecular weight is 271 g/mol. The van der Waals surface area contributed by atoms with Crippen LogP contribution in [0.2, 0.25) is 0 Å². The number of nitrogens with zero attached hydrogens (tertiary/aromatic N) is 2. The Morgan fingerprint density at radius 1 is 1.32 bits per heavy atom. The minimum absolute atomic E-state index is 0.325. The van der Waals surface area contributed by atoms with Gasteiger partial charge in [-0.15, -0.1) is 0 Å². The minimum atomic E-state index is 0.325. The molecule has 98 valence electrons. The summed E-state index contributed by atoms with van der Waals surface area (Å²) < 4.78 is 0. The van der Waals surface area contributed by atoms with Crippen LogP contribution >= 0.6 is 12.2 Å². The lowest BCUT2D eigenvalue weighted by atomic mass is 10.1. The van der Waals surface area contributed by atoms with E-state index >= 15 is 0 Å². The van der Waals surface area contributed by atoms with Crippen LogP contribution in [0.1, 0.15) is 16.8 Å². The fourth-order valence-electron chi connectivity index (χ4n) is 1.93. The van der Waals surface area contributed by atoms with Gasteiger partial charge < -0.3 is 10.6 Å². The van der Waals surface area contributed by atoms with Crippen molar-refractivity contribution in [3.05, 3.63) is 59.4 Å². The number of aromatic nitrogens is 1. The molecule has 0 amide bonds. The van der Waals surface area contributed by atoms with Crippen molar-refractivity contribution in [2.45, 2.75) is 13.5 Å². The smallest absolute Gasteiger partial charge is 0.122 e. The normalized spacial score (nSPS) is 10.2. The predicted molar refractivity (Wildman–Crippen MR) is 83.4 cm³/mol. The molecule has 0 radical (unpaired) electrons. The molecular formula is C15H17N3S. The first kappa shape index (κ1) is 13.5. The summed E-state index contributed by atoms with van der Waals surface area (Å²) >= 11 is 4.96. The van der Waals surface area contributed by atoms with Crippen LogP contribution in [0, 0.1) is 6.92 Å². The van der Waals surface area contributed by atoms with Crippen molar-refractivity contribution in [1.29, 1.82) is 0 Å². The van der Waals surface area contributed by atoms with Crippen LogP contribution in [0.4, 0.5) is 5.69 Å². The van der Waals surface area contributed by atoms with Crippen LogP contribution in [0.15, 0.2) is 42.6 Å². The van der Waals surface area contributed by atoms with Gasteiger partial charge in [-0.1, -0.05) is 36.5 Å². The van der Waals surface area contributed by atoms with E-state index in [2.05, 4.69) is 41.1 Å². The molecule has 2 N–H and O–H groups in total. The van der Waals surface area contributed by atoms with Crippen LogP contribution in [-0.4, -0.2) is 17.0 Å². The van der Waals surface area contributed by atoms with Crippen LogP contribution < -0.4 is 10.6 Å². The van der Waals surface area contributed by atoms with Crippen molar-refractivity contribution in [2.75, 3.05) is 11.9 Å². The summed E-state index contributed by atoms with van der Waals surface area (Å²) in [6, 6.07) is 12.2. The predicted octanol–water partition coefficient (Wildman–Crippen LogP) is 2.66. The maximum atomic E-state index is 5.61. The van der Waals surface area contributed by atoms with Crippen molar-refractivity contribution in [2.24, 2.45) is 5.73 Å². The zero-order valence-electron chi connectivity index (χ0n) is 11.1. The molecule has 19 heavy (non-hydrogen) atoms. The van der Waals surface area contributed by atoms with E-state index in [-0.39, 0.29) is 0 Å². The number of benzene rings is 1. The van der Waals surface area contributed by atoms with Crippen molar-refractivity contribution in [3.8, 4) is 0 Å². The number of hydrogen-bond donors (Lipinski definition) is 1. The van der Waals surface area contributed by atoms with Gasteiger partial charge in [-0.05, 0) is 30.2 Å². The Balaban J connectivity index is 2.20. The van der Waals surface area contributed by atoms with E-state index in [9.17, 15) is 0 Å². The summed E-state index contributed by atoms with van der Waals surface area (Å²) in [4.78, 5) is 6.64. The van der Waals surface area contributed by atoms with E-state index < -0.39 is 0 Å². The second kappa shape index (κ2) is 5.80. The summed E-state index contributed by atoms with van der Waals surface area (Å²) in [7, 11) is 2.05. The summed E-state index contributed by atoms with van der Waals surface area (Å²) in [5.74, 6) is 0. The number of hydrogen-bond acceptors (Lipinski definition) is 3. The maximum Gasteiger partial charge on any atom is 0.122 e.